The van der Waals surface area contributed by atoms with Crippen molar-refractivity contribution in [3.8, 4) is 0 Å². The zero-order chi connectivity index (χ0) is 18.7. The van der Waals surface area contributed by atoms with E-state index in [0.717, 1.165) is 37.0 Å². The molecule has 140 valence electrons. The minimum atomic E-state index is -3.78. The lowest BCUT2D eigenvalue weighted by atomic mass is 9.95. The number of amides is 1. The first-order chi connectivity index (χ1) is 12.3. The number of aromatic nitrogens is 1. The molecule has 1 amide bonds. The molecule has 26 heavy (non-hydrogen) atoms. The Morgan fingerprint density at radius 1 is 1.19 bits per heavy atom. The van der Waals surface area contributed by atoms with Crippen molar-refractivity contribution in [1.29, 1.82) is 0 Å². The summed E-state index contributed by atoms with van der Waals surface area (Å²) < 4.78 is 27.3. The third-order valence-corrected chi connectivity index (χ3v) is 7.10. The highest BCUT2D eigenvalue weighted by atomic mass is 35.5. The first-order valence-corrected chi connectivity index (χ1v) is 11.1. The van der Waals surface area contributed by atoms with Gasteiger partial charge in [0.05, 0.1) is 10.6 Å². The standard InChI is InChI=1S/C17H20ClN3O3S2/c1-11-15(16(22)20-13-5-3-2-4-6-13)25-17(19-11)21-26(23,24)14-9-7-12(18)8-10-14/h7-10,13H,2-6H2,1H3,(H,19,21)(H,20,22). The van der Waals surface area contributed by atoms with E-state index in [-0.39, 0.29) is 22.0 Å². The number of carbonyl (C=O) groups excluding carboxylic acids is 1. The van der Waals surface area contributed by atoms with Gasteiger partial charge in [0.2, 0.25) is 0 Å². The van der Waals surface area contributed by atoms with Crippen molar-refractivity contribution in [2.75, 3.05) is 4.72 Å². The molecule has 1 saturated carbocycles. The second kappa shape index (κ2) is 7.94. The van der Waals surface area contributed by atoms with Crippen LogP contribution in [0.5, 0.6) is 0 Å². The molecule has 1 aliphatic rings. The van der Waals surface area contributed by atoms with Crippen LogP contribution in [0.3, 0.4) is 0 Å². The minimum absolute atomic E-state index is 0.0861. The third kappa shape index (κ3) is 4.55. The molecule has 6 nitrogen and oxygen atoms in total. The Balaban J connectivity index is 1.73. The van der Waals surface area contributed by atoms with Crippen LogP contribution in [0.25, 0.3) is 0 Å². The van der Waals surface area contributed by atoms with Gasteiger partial charge in [-0.1, -0.05) is 42.2 Å². The number of sulfonamides is 1. The second-order valence-corrected chi connectivity index (χ2v) is 9.42. The summed E-state index contributed by atoms with van der Waals surface area (Å²) in [5.41, 5.74) is 0.511. The van der Waals surface area contributed by atoms with Gasteiger partial charge in [-0.25, -0.2) is 13.4 Å². The fraction of sp³-hybridized carbons (Fsp3) is 0.412. The molecule has 2 N–H and O–H groups in total. The molecule has 0 radical (unpaired) electrons. The van der Waals surface area contributed by atoms with Gasteiger partial charge in [0.25, 0.3) is 15.9 Å². The Bertz CT molecular complexity index is 888. The van der Waals surface area contributed by atoms with Crippen LogP contribution in [0.4, 0.5) is 5.13 Å². The summed E-state index contributed by atoms with van der Waals surface area (Å²) in [7, 11) is -3.78. The van der Waals surface area contributed by atoms with Crippen molar-refractivity contribution in [1.82, 2.24) is 10.3 Å². The summed E-state index contributed by atoms with van der Waals surface area (Å²) in [6.07, 6.45) is 5.43. The van der Waals surface area contributed by atoms with Crippen LogP contribution in [0.2, 0.25) is 5.02 Å². The van der Waals surface area contributed by atoms with Gasteiger partial charge in [-0.05, 0) is 44.0 Å². The van der Waals surface area contributed by atoms with Gasteiger partial charge in [-0.2, -0.15) is 0 Å². The maximum Gasteiger partial charge on any atom is 0.263 e. The largest absolute Gasteiger partial charge is 0.349 e. The molecular formula is C17H20ClN3O3S2. The highest BCUT2D eigenvalue weighted by molar-refractivity contribution is 7.93. The third-order valence-electron chi connectivity index (χ3n) is 4.29. The van der Waals surface area contributed by atoms with Gasteiger partial charge in [0.1, 0.15) is 4.88 Å². The summed E-state index contributed by atoms with van der Waals surface area (Å²) in [5, 5.41) is 3.66. The average molecular weight is 414 g/mol. The number of nitrogens with one attached hydrogen (secondary N) is 2. The smallest absolute Gasteiger partial charge is 0.263 e. The van der Waals surface area contributed by atoms with E-state index in [2.05, 4.69) is 15.0 Å². The predicted molar refractivity (Wildman–Crippen MR) is 103 cm³/mol. The number of carbonyl (C=O) groups is 1. The van der Waals surface area contributed by atoms with Crippen LogP contribution in [0.15, 0.2) is 29.2 Å². The summed E-state index contributed by atoms with van der Waals surface area (Å²) in [6, 6.07) is 6.04. The topological polar surface area (TPSA) is 88.2 Å². The molecule has 3 rings (SSSR count). The van der Waals surface area contributed by atoms with Gasteiger partial charge < -0.3 is 5.32 Å². The molecule has 1 aliphatic carbocycles. The highest BCUT2D eigenvalue weighted by Crippen LogP contribution is 2.26. The normalized spacial score (nSPS) is 15.6. The molecule has 1 fully saturated rings. The van der Waals surface area contributed by atoms with Crippen LogP contribution in [-0.2, 0) is 10.0 Å². The van der Waals surface area contributed by atoms with Crippen molar-refractivity contribution in [2.45, 2.75) is 50.0 Å². The number of rotatable bonds is 5. The maximum atomic E-state index is 12.5. The van der Waals surface area contributed by atoms with Gasteiger partial charge in [-0.3, -0.25) is 9.52 Å². The van der Waals surface area contributed by atoms with Gasteiger partial charge in [0, 0.05) is 11.1 Å². The summed E-state index contributed by atoms with van der Waals surface area (Å²) >= 11 is 6.83. The summed E-state index contributed by atoms with van der Waals surface area (Å²) in [4.78, 5) is 17.2. The van der Waals surface area contributed by atoms with Crippen LogP contribution in [0, 0.1) is 6.92 Å². The number of hydrogen-bond acceptors (Lipinski definition) is 5. The molecule has 2 aromatic rings. The van der Waals surface area contributed by atoms with Gasteiger partial charge >= 0.3 is 0 Å². The molecule has 0 bridgehead atoms. The highest BCUT2D eigenvalue weighted by Gasteiger charge is 2.22. The van der Waals surface area contributed by atoms with Crippen LogP contribution in [-0.4, -0.2) is 25.4 Å². The number of thiazole rings is 1. The van der Waals surface area contributed by atoms with Crippen molar-refractivity contribution < 1.29 is 13.2 Å². The number of benzene rings is 1. The fourth-order valence-corrected chi connectivity index (χ4v) is 5.17. The Morgan fingerprint density at radius 2 is 1.85 bits per heavy atom. The Labute approximate surface area is 162 Å². The molecule has 1 aromatic heterocycles. The van der Waals surface area contributed by atoms with Crippen molar-refractivity contribution >= 4 is 44.0 Å². The molecule has 0 unspecified atom stereocenters. The number of nitrogens with zero attached hydrogens (tertiary/aromatic N) is 1. The average Bonchev–Trinajstić information content (AvgIpc) is 2.96. The second-order valence-electron chi connectivity index (χ2n) is 6.30. The molecule has 0 atom stereocenters. The summed E-state index contributed by atoms with van der Waals surface area (Å²) in [6.45, 7) is 1.70. The number of aryl methyl sites for hydroxylation is 1. The maximum absolute atomic E-state index is 12.5. The fourth-order valence-electron chi connectivity index (χ4n) is 2.94. The lowest BCUT2D eigenvalue weighted by Gasteiger charge is -2.22. The van der Waals surface area contributed by atoms with Crippen LogP contribution >= 0.6 is 22.9 Å². The van der Waals surface area contributed by atoms with Crippen molar-refractivity contribution in [2.24, 2.45) is 0 Å². The lowest BCUT2D eigenvalue weighted by molar-refractivity contribution is 0.0931. The van der Waals surface area contributed by atoms with E-state index in [1.54, 1.807) is 6.92 Å². The van der Waals surface area contributed by atoms with E-state index >= 15 is 0 Å². The van der Waals surface area contributed by atoms with E-state index in [9.17, 15) is 13.2 Å². The molecular weight excluding hydrogens is 394 g/mol. The van der Waals surface area contributed by atoms with Crippen LogP contribution < -0.4 is 10.0 Å². The Kier molecular flexibility index (Phi) is 5.84. The monoisotopic (exact) mass is 413 g/mol. The van der Waals surface area contributed by atoms with Crippen LogP contribution in [0.1, 0.15) is 47.5 Å². The number of halogens is 1. The molecule has 0 aliphatic heterocycles. The lowest BCUT2D eigenvalue weighted by Crippen LogP contribution is -2.36. The van der Waals surface area contributed by atoms with E-state index in [0.29, 0.717) is 15.6 Å². The molecule has 1 heterocycles. The Morgan fingerprint density at radius 3 is 2.50 bits per heavy atom. The van der Waals surface area contributed by atoms with Gasteiger partial charge in [-0.15, -0.1) is 0 Å². The zero-order valence-corrected chi connectivity index (χ0v) is 16.7. The number of hydrogen-bond donors (Lipinski definition) is 2. The van der Waals surface area contributed by atoms with Crippen molar-refractivity contribution in [3.05, 3.63) is 39.9 Å². The molecule has 9 heteroatoms. The number of anilines is 1. The Hall–Kier alpha value is -1.64. The van der Waals surface area contributed by atoms with E-state index < -0.39 is 10.0 Å². The molecule has 0 saturated heterocycles. The van der Waals surface area contributed by atoms with Gasteiger partial charge in [0.15, 0.2) is 5.13 Å². The van der Waals surface area contributed by atoms with Crippen molar-refractivity contribution in [3.63, 3.8) is 0 Å². The first-order valence-electron chi connectivity index (χ1n) is 8.42. The zero-order valence-electron chi connectivity index (χ0n) is 14.3. The minimum Gasteiger partial charge on any atom is -0.349 e. The molecule has 0 spiro atoms. The molecule has 1 aromatic carbocycles. The SMILES string of the molecule is Cc1nc(NS(=O)(=O)c2ccc(Cl)cc2)sc1C(=O)NC1CCCCC1. The van der Waals surface area contributed by atoms with E-state index in [1.807, 2.05) is 0 Å². The summed E-state index contributed by atoms with van der Waals surface area (Å²) in [5.74, 6) is -0.191. The first kappa shape index (κ1) is 19.1. The predicted octanol–water partition coefficient (Wildman–Crippen LogP) is 3.97. The quantitative estimate of drug-likeness (QED) is 0.776. The van der Waals surface area contributed by atoms with E-state index in [1.165, 1.54) is 30.7 Å². The van der Waals surface area contributed by atoms with E-state index in [4.69, 9.17) is 11.6 Å².